The standard InChI is InChI=1S/C13H24N2O3/c1-13(2,14)7-6-11(16)15-8-9-4-3-5-10(9)12(17)18/h9-10H,3-8,14H2,1-2H3,(H,15,16)(H,17,18). The van der Waals surface area contributed by atoms with Gasteiger partial charge in [-0.1, -0.05) is 6.42 Å². The van der Waals surface area contributed by atoms with Gasteiger partial charge in [0.15, 0.2) is 0 Å². The van der Waals surface area contributed by atoms with Crippen LogP contribution in [0.1, 0.15) is 46.0 Å². The van der Waals surface area contributed by atoms with Crippen LogP contribution in [0, 0.1) is 11.8 Å². The number of carboxylic acid groups (broad SMARTS) is 1. The summed E-state index contributed by atoms with van der Waals surface area (Å²) in [4.78, 5) is 22.6. The fourth-order valence-electron chi connectivity index (χ4n) is 2.38. The predicted molar refractivity (Wildman–Crippen MR) is 69.0 cm³/mol. The molecule has 1 saturated carbocycles. The number of amides is 1. The number of rotatable bonds is 6. The number of carbonyl (C=O) groups is 2. The highest BCUT2D eigenvalue weighted by Gasteiger charge is 2.32. The van der Waals surface area contributed by atoms with Crippen LogP contribution in [0.3, 0.4) is 0 Å². The van der Waals surface area contributed by atoms with Gasteiger partial charge in [0, 0.05) is 18.5 Å². The van der Waals surface area contributed by atoms with E-state index in [0.29, 0.717) is 19.4 Å². The van der Waals surface area contributed by atoms with Crippen LogP contribution in [0.25, 0.3) is 0 Å². The molecule has 0 heterocycles. The predicted octanol–water partition coefficient (Wildman–Crippen LogP) is 1.12. The molecule has 1 aliphatic rings. The summed E-state index contributed by atoms with van der Waals surface area (Å²) < 4.78 is 0. The van der Waals surface area contributed by atoms with Crippen molar-refractivity contribution in [1.29, 1.82) is 0 Å². The molecule has 0 aromatic carbocycles. The molecule has 0 saturated heterocycles. The van der Waals surface area contributed by atoms with Gasteiger partial charge in [0.25, 0.3) is 0 Å². The zero-order valence-corrected chi connectivity index (χ0v) is 11.2. The third-order valence-electron chi connectivity index (χ3n) is 3.53. The highest BCUT2D eigenvalue weighted by atomic mass is 16.4. The summed E-state index contributed by atoms with van der Waals surface area (Å²) in [6, 6.07) is 0. The maximum atomic E-state index is 11.6. The quantitative estimate of drug-likeness (QED) is 0.664. The number of nitrogens with two attached hydrogens (primary N) is 1. The van der Waals surface area contributed by atoms with E-state index in [1.807, 2.05) is 13.8 Å². The summed E-state index contributed by atoms with van der Waals surface area (Å²) in [7, 11) is 0. The first kappa shape index (κ1) is 15.0. The largest absolute Gasteiger partial charge is 0.481 e. The number of hydrogen-bond donors (Lipinski definition) is 3. The summed E-state index contributed by atoms with van der Waals surface area (Å²) in [5.41, 5.74) is 5.47. The molecular formula is C13H24N2O3. The van der Waals surface area contributed by atoms with Gasteiger partial charge >= 0.3 is 5.97 Å². The van der Waals surface area contributed by atoms with Gasteiger partial charge in [-0.05, 0) is 39.0 Å². The first-order valence-electron chi connectivity index (χ1n) is 6.58. The summed E-state index contributed by atoms with van der Waals surface area (Å²) in [6.07, 6.45) is 3.58. The molecule has 1 rings (SSSR count). The van der Waals surface area contributed by atoms with E-state index in [2.05, 4.69) is 5.32 Å². The second-order valence-electron chi connectivity index (χ2n) is 5.93. The third kappa shape index (κ3) is 5.04. The highest BCUT2D eigenvalue weighted by Crippen LogP contribution is 2.31. The molecule has 0 aromatic heterocycles. The zero-order valence-electron chi connectivity index (χ0n) is 11.2. The van der Waals surface area contributed by atoms with E-state index in [1.54, 1.807) is 0 Å². The van der Waals surface area contributed by atoms with Crippen LogP contribution in [0.4, 0.5) is 0 Å². The topological polar surface area (TPSA) is 92.4 Å². The normalized spacial score (nSPS) is 23.9. The monoisotopic (exact) mass is 256 g/mol. The van der Waals surface area contributed by atoms with E-state index >= 15 is 0 Å². The molecule has 5 nitrogen and oxygen atoms in total. The smallest absolute Gasteiger partial charge is 0.306 e. The van der Waals surface area contributed by atoms with Crippen LogP contribution < -0.4 is 11.1 Å². The van der Waals surface area contributed by atoms with Gasteiger partial charge in [-0.15, -0.1) is 0 Å². The van der Waals surface area contributed by atoms with Gasteiger partial charge in [0.1, 0.15) is 0 Å². The summed E-state index contributed by atoms with van der Waals surface area (Å²) >= 11 is 0. The molecule has 2 unspecified atom stereocenters. The molecule has 2 atom stereocenters. The van der Waals surface area contributed by atoms with Crippen LogP contribution in [-0.4, -0.2) is 29.1 Å². The molecule has 1 amide bonds. The number of nitrogens with one attached hydrogen (secondary N) is 1. The molecule has 1 aliphatic carbocycles. The summed E-state index contributed by atoms with van der Waals surface area (Å²) in [6.45, 7) is 4.25. The van der Waals surface area contributed by atoms with Crippen molar-refractivity contribution in [3.8, 4) is 0 Å². The lowest BCUT2D eigenvalue weighted by Gasteiger charge is -2.19. The number of hydrogen-bond acceptors (Lipinski definition) is 3. The van der Waals surface area contributed by atoms with Crippen LogP contribution in [0.15, 0.2) is 0 Å². The Morgan fingerprint density at radius 2 is 2.06 bits per heavy atom. The molecule has 0 bridgehead atoms. The van der Waals surface area contributed by atoms with E-state index in [4.69, 9.17) is 10.8 Å². The van der Waals surface area contributed by atoms with Crippen LogP contribution >= 0.6 is 0 Å². The molecule has 0 aliphatic heterocycles. The number of carboxylic acids is 1. The maximum absolute atomic E-state index is 11.6. The molecule has 104 valence electrons. The lowest BCUT2D eigenvalue weighted by Crippen LogP contribution is -2.36. The molecular weight excluding hydrogens is 232 g/mol. The van der Waals surface area contributed by atoms with Gasteiger partial charge in [-0.25, -0.2) is 0 Å². The zero-order chi connectivity index (χ0) is 13.8. The van der Waals surface area contributed by atoms with E-state index in [-0.39, 0.29) is 23.3 Å². The first-order chi connectivity index (χ1) is 8.29. The van der Waals surface area contributed by atoms with E-state index < -0.39 is 5.97 Å². The van der Waals surface area contributed by atoms with Crippen LogP contribution in [0.2, 0.25) is 0 Å². The minimum atomic E-state index is -0.741. The Morgan fingerprint density at radius 1 is 1.39 bits per heavy atom. The van der Waals surface area contributed by atoms with Crippen molar-refractivity contribution >= 4 is 11.9 Å². The Balaban J connectivity index is 2.28. The van der Waals surface area contributed by atoms with Crippen molar-refractivity contribution in [2.24, 2.45) is 17.6 Å². The second-order valence-corrected chi connectivity index (χ2v) is 5.93. The van der Waals surface area contributed by atoms with Crippen molar-refractivity contribution in [2.45, 2.75) is 51.5 Å². The van der Waals surface area contributed by atoms with Gasteiger partial charge in [0.05, 0.1) is 5.92 Å². The molecule has 0 spiro atoms. The Kier molecular flexibility index (Phi) is 5.14. The Morgan fingerprint density at radius 3 is 2.61 bits per heavy atom. The van der Waals surface area contributed by atoms with E-state index in [0.717, 1.165) is 19.3 Å². The van der Waals surface area contributed by atoms with Crippen LogP contribution in [-0.2, 0) is 9.59 Å². The Bertz CT molecular complexity index is 310. The van der Waals surface area contributed by atoms with E-state index in [9.17, 15) is 9.59 Å². The summed E-state index contributed by atoms with van der Waals surface area (Å²) in [5, 5.41) is 11.9. The average molecular weight is 256 g/mol. The van der Waals surface area contributed by atoms with Crippen molar-refractivity contribution in [1.82, 2.24) is 5.32 Å². The fraction of sp³-hybridized carbons (Fsp3) is 0.846. The van der Waals surface area contributed by atoms with Gasteiger partial charge in [-0.3, -0.25) is 9.59 Å². The lowest BCUT2D eigenvalue weighted by molar-refractivity contribution is -0.143. The molecule has 0 radical (unpaired) electrons. The molecule has 18 heavy (non-hydrogen) atoms. The van der Waals surface area contributed by atoms with Gasteiger partial charge in [-0.2, -0.15) is 0 Å². The average Bonchev–Trinajstić information content (AvgIpc) is 2.70. The van der Waals surface area contributed by atoms with Gasteiger partial charge in [0.2, 0.25) is 5.91 Å². The Hall–Kier alpha value is -1.10. The van der Waals surface area contributed by atoms with Crippen molar-refractivity contribution in [3.05, 3.63) is 0 Å². The molecule has 1 fully saturated rings. The maximum Gasteiger partial charge on any atom is 0.306 e. The van der Waals surface area contributed by atoms with Crippen molar-refractivity contribution < 1.29 is 14.7 Å². The third-order valence-corrected chi connectivity index (χ3v) is 3.53. The van der Waals surface area contributed by atoms with E-state index in [1.165, 1.54) is 0 Å². The molecule has 0 aromatic rings. The molecule has 5 heteroatoms. The van der Waals surface area contributed by atoms with Crippen molar-refractivity contribution in [3.63, 3.8) is 0 Å². The summed E-state index contributed by atoms with van der Waals surface area (Å²) in [5.74, 6) is -0.993. The Labute approximate surface area is 108 Å². The number of aliphatic carboxylic acids is 1. The van der Waals surface area contributed by atoms with Crippen LogP contribution in [0.5, 0.6) is 0 Å². The van der Waals surface area contributed by atoms with Crippen molar-refractivity contribution in [2.75, 3.05) is 6.54 Å². The lowest BCUT2D eigenvalue weighted by atomic mass is 9.96. The second kappa shape index (κ2) is 6.18. The first-order valence-corrected chi connectivity index (χ1v) is 6.58. The molecule has 4 N–H and O–H groups in total. The van der Waals surface area contributed by atoms with Gasteiger partial charge < -0.3 is 16.2 Å². The highest BCUT2D eigenvalue weighted by molar-refractivity contribution is 5.76. The minimum Gasteiger partial charge on any atom is -0.481 e. The SMILES string of the molecule is CC(C)(N)CCC(=O)NCC1CCCC1C(=O)O. The fourth-order valence-corrected chi connectivity index (χ4v) is 2.38. The minimum absolute atomic E-state index is 0.0374. The number of carbonyl (C=O) groups excluding carboxylic acids is 1.